The van der Waals surface area contributed by atoms with Gasteiger partial charge in [0.1, 0.15) is 5.76 Å². The lowest BCUT2D eigenvalue weighted by molar-refractivity contribution is 0.380. The van der Waals surface area contributed by atoms with E-state index in [9.17, 15) is 8.42 Å². The summed E-state index contributed by atoms with van der Waals surface area (Å²) in [5, 5.41) is 10.3. The number of nitrogens with one attached hydrogen (secondary N) is 3. The summed E-state index contributed by atoms with van der Waals surface area (Å²) in [6, 6.07) is 0. The van der Waals surface area contributed by atoms with Gasteiger partial charge in [0, 0.05) is 31.6 Å². The van der Waals surface area contributed by atoms with Crippen LogP contribution >= 0.6 is 0 Å². The third kappa shape index (κ3) is 6.48. The van der Waals surface area contributed by atoms with Crippen molar-refractivity contribution in [3.8, 4) is 0 Å². The lowest BCUT2D eigenvalue weighted by Gasteiger charge is -2.11. The van der Waals surface area contributed by atoms with Crippen LogP contribution in [0.4, 0.5) is 0 Å². The van der Waals surface area contributed by atoms with E-state index in [1.165, 1.54) is 0 Å². The molecule has 0 aliphatic carbocycles. The lowest BCUT2D eigenvalue weighted by Crippen LogP contribution is -2.41. The Morgan fingerprint density at radius 3 is 2.46 bits per heavy atom. The predicted octanol–water partition coefficient (Wildman–Crippen LogP) is 0.794. The largest absolute Gasteiger partial charge is 0.361 e. The van der Waals surface area contributed by atoms with Crippen LogP contribution in [0.2, 0.25) is 0 Å². The normalized spacial score (nSPS) is 12.4. The van der Waals surface area contributed by atoms with Crippen LogP contribution in [0.5, 0.6) is 0 Å². The molecule has 24 heavy (non-hydrogen) atoms. The van der Waals surface area contributed by atoms with E-state index in [4.69, 9.17) is 4.52 Å². The minimum atomic E-state index is -3.17. The van der Waals surface area contributed by atoms with Crippen molar-refractivity contribution < 1.29 is 12.9 Å². The minimum absolute atomic E-state index is 0.0776. The van der Waals surface area contributed by atoms with Crippen LogP contribution in [0.3, 0.4) is 0 Å². The molecule has 0 atom stereocenters. The highest BCUT2D eigenvalue weighted by atomic mass is 32.2. The molecule has 0 radical (unpaired) electrons. The highest BCUT2D eigenvalue weighted by molar-refractivity contribution is 7.89. The second-order valence-electron chi connectivity index (χ2n) is 5.16. The molecule has 1 rings (SSSR count). The van der Waals surface area contributed by atoms with Gasteiger partial charge in [-0.15, -0.1) is 0 Å². The fraction of sp³-hybridized carbons (Fsp3) is 0.733. The number of hydrogen-bond donors (Lipinski definition) is 3. The van der Waals surface area contributed by atoms with E-state index < -0.39 is 10.0 Å². The van der Waals surface area contributed by atoms with Gasteiger partial charge >= 0.3 is 0 Å². The second kappa shape index (κ2) is 10.3. The molecular weight excluding hydrogens is 330 g/mol. The summed E-state index contributed by atoms with van der Waals surface area (Å²) >= 11 is 0. The molecule has 0 aliphatic heterocycles. The number of aromatic nitrogens is 1. The molecule has 138 valence electrons. The molecule has 0 spiro atoms. The first-order chi connectivity index (χ1) is 11.5. The molecular formula is C15H29N5O3S. The molecule has 0 aromatic carbocycles. The average Bonchev–Trinajstić information content (AvgIpc) is 2.98. The summed E-state index contributed by atoms with van der Waals surface area (Å²) < 4.78 is 30.6. The van der Waals surface area contributed by atoms with Crippen molar-refractivity contribution in [2.75, 3.05) is 25.4 Å². The Hall–Kier alpha value is -1.61. The summed E-state index contributed by atoms with van der Waals surface area (Å²) in [5.41, 5.74) is 1.96. The Kier molecular flexibility index (Phi) is 8.77. The van der Waals surface area contributed by atoms with E-state index in [2.05, 4.69) is 25.5 Å². The van der Waals surface area contributed by atoms with Crippen LogP contribution in [0.25, 0.3) is 0 Å². The molecule has 0 bridgehead atoms. The fourth-order valence-corrected chi connectivity index (χ4v) is 2.72. The van der Waals surface area contributed by atoms with Crippen LogP contribution in [-0.2, 0) is 29.4 Å². The number of nitrogens with zero attached hydrogens (tertiary/aromatic N) is 2. The molecule has 1 aromatic heterocycles. The number of aliphatic imine (C=N–C) groups is 1. The van der Waals surface area contributed by atoms with Crippen LogP contribution < -0.4 is 15.4 Å². The fourth-order valence-electron chi connectivity index (χ4n) is 2.11. The van der Waals surface area contributed by atoms with Gasteiger partial charge in [0.15, 0.2) is 5.96 Å². The third-order valence-corrected chi connectivity index (χ3v) is 4.87. The number of hydrogen-bond acceptors (Lipinski definition) is 5. The number of rotatable bonds is 10. The van der Waals surface area contributed by atoms with Gasteiger partial charge < -0.3 is 15.2 Å². The van der Waals surface area contributed by atoms with Crippen LogP contribution in [0, 0.1) is 0 Å². The lowest BCUT2D eigenvalue weighted by atomic mass is 10.1. The molecule has 1 heterocycles. The van der Waals surface area contributed by atoms with Crippen molar-refractivity contribution in [2.45, 2.75) is 47.1 Å². The molecule has 1 aromatic rings. The Balaban J connectivity index is 2.64. The van der Waals surface area contributed by atoms with Crippen molar-refractivity contribution in [3.05, 3.63) is 17.0 Å². The minimum Gasteiger partial charge on any atom is -0.361 e. The van der Waals surface area contributed by atoms with Gasteiger partial charge in [-0.25, -0.2) is 18.1 Å². The quantitative estimate of drug-likeness (QED) is 0.324. The monoisotopic (exact) mass is 359 g/mol. The Labute approximate surface area is 144 Å². The van der Waals surface area contributed by atoms with Crippen molar-refractivity contribution >= 4 is 16.0 Å². The molecule has 0 saturated carbocycles. The molecule has 0 aliphatic rings. The van der Waals surface area contributed by atoms with Gasteiger partial charge in [0.2, 0.25) is 10.0 Å². The van der Waals surface area contributed by atoms with E-state index in [1.54, 1.807) is 6.92 Å². The van der Waals surface area contributed by atoms with Crippen molar-refractivity contribution in [1.82, 2.24) is 20.5 Å². The smallest absolute Gasteiger partial charge is 0.211 e. The topological polar surface area (TPSA) is 109 Å². The SMILES string of the molecule is CCNC(=NCc1c(CC)noc1CC)NCCNS(=O)(=O)CC. The van der Waals surface area contributed by atoms with Gasteiger partial charge in [0.05, 0.1) is 18.0 Å². The zero-order chi connectivity index (χ0) is 18.0. The molecule has 3 N–H and O–H groups in total. The van der Waals surface area contributed by atoms with Gasteiger partial charge in [-0.3, -0.25) is 0 Å². The molecule has 0 saturated heterocycles. The van der Waals surface area contributed by atoms with Gasteiger partial charge in [-0.2, -0.15) is 0 Å². The molecule has 8 nitrogen and oxygen atoms in total. The van der Waals surface area contributed by atoms with E-state index >= 15 is 0 Å². The van der Waals surface area contributed by atoms with Crippen molar-refractivity contribution in [2.24, 2.45) is 4.99 Å². The number of aryl methyl sites for hydroxylation is 2. The van der Waals surface area contributed by atoms with Crippen LogP contribution in [0.1, 0.15) is 44.7 Å². The molecule has 0 fully saturated rings. The summed E-state index contributed by atoms with van der Waals surface area (Å²) in [6.07, 6.45) is 1.58. The van der Waals surface area contributed by atoms with E-state index in [1.807, 2.05) is 20.8 Å². The summed E-state index contributed by atoms with van der Waals surface area (Å²) in [4.78, 5) is 4.54. The van der Waals surface area contributed by atoms with Crippen LogP contribution in [0.15, 0.2) is 9.52 Å². The summed E-state index contributed by atoms with van der Waals surface area (Å²) in [7, 11) is -3.17. The predicted molar refractivity (Wildman–Crippen MR) is 95.5 cm³/mol. The first kappa shape index (κ1) is 20.4. The molecule has 9 heteroatoms. The van der Waals surface area contributed by atoms with Gasteiger partial charge in [-0.1, -0.05) is 19.0 Å². The molecule has 0 unspecified atom stereocenters. The third-order valence-electron chi connectivity index (χ3n) is 3.47. The Morgan fingerprint density at radius 2 is 1.88 bits per heavy atom. The summed E-state index contributed by atoms with van der Waals surface area (Å²) in [6.45, 7) is 9.61. The average molecular weight is 359 g/mol. The molecule has 0 amide bonds. The van der Waals surface area contributed by atoms with Gasteiger partial charge in [-0.05, 0) is 20.3 Å². The van der Waals surface area contributed by atoms with E-state index in [0.29, 0.717) is 25.6 Å². The highest BCUT2D eigenvalue weighted by Crippen LogP contribution is 2.16. The van der Waals surface area contributed by atoms with Gasteiger partial charge in [0.25, 0.3) is 0 Å². The zero-order valence-corrected chi connectivity index (χ0v) is 15.8. The number of guanidine groups is 1. The summed E-state index contributed by atoms with van der Waals surface area (Å²) in [5.74, 6) is 1.58. The van der Waals surface area contributed by atoms with E-state index in [0.717, 1.165) is 36.4 Å². The standard InChI is InChI=1S/C15H29N5O3S/c1-5-13-12(14(6-2)23-20-13)11-18-15(16-7-3)17-9-10-19-24(21,22)8-4/h19H,5-11H2,1-4H3,(H2,16,17,18). The zero-order valence-electron chi connectivity index (χ0n) is 15.0. The maximum atomic E-state index is 11.4. The number of sulfonamides is 1. The first-order valence-corrected chi connectivity index (χ1v) is 10.1. The van der Waals surface area contributed by atoms with Crippen LogP contribution in [-0.4, -0.2) is 44.9 Å². The maximum Gasteiger partial charge on any atom is 0.211 e. The first-order valence-electron chi connectivity index (χ1n) is 8.43. The second-order valence-corrected chi connectivity index (χ2v) is 7.25. The highest BCUT2D eigenvalue weighted by Gasteiger charge is 2.13. The maximum absolute atomic E-state index is 11.4. The Bertz CT molecular complexity index is 604. The Morgan fingerprint density at radius 1 is 1.12 bits per heavy atom. The van der Waals surface area contributed by atoms with E-state index in [-0.39, 0.29) is 5.75 Å². The van der Waals surface area contributed by atoms with Crippen molar-refractivity contribution in [1.29, 1.82) is 0 Å². The van der Waals surface area contributed by atoms with Crippen molar-refractivity contribution in [3.63, 3.8) is 0 Å².